The molecule has 5 nitrogen and oxygen atoms in total. The average Bonchev–Trinajstić information content (AvgIpc) is 2.59. The average molecular weight is 331 g/mol. The summed E-state index contributed by atoms with van der Waals surface area (Å²) in [5.74, 6) is 1.14. The Morgan fingerprint density at radius 3 is 2.92 bits per heavy atom. The Bertz CT molecular complexity index is 537. The van der Waals surface area contributed by atoms with Crippen LogP contribution < -0.4 is 10.1 Å². The molecule has 0 aliphatic heterocycles. The van der Waals surface area contributed by atoms with Crippen LogP contribution in [-0.4, -0.2) is 43.0 Å². The SMILES string of the molecule is CN(C)CCOc1cc(CNC(=O)C=CC2CCCCC2)ccn1. The van der Waals surface area contributed by atoms with Crippen LogP contribution in [0.3, 0.4) is 0 Å². The van der Waals surface area contributed by atoms with E-state index in [1.165, 1.54) is 32.1 Å². The number of carbonyl (C=O) groups is 1. The largest absolute Gasteiger partial charge is 0.476 e. The molecule has 132 valence electrons. The predicted octanol–water partition coefficient (Wildman–Crippen LogP) is 2.77. The third kappa shape index (κ3) is 7.13. The van der Waals surface area contributed by atoms with Gasteiger partial charge in [0, 0.05) is 25.4 Å². The van der Waals surface area contributed by atoms with Crippen molar-refractivity contribution < 1.29 is 9.53 Å². The van der Waals surface area contributed by atoms with Crippen molar-refractivity contribution >= 4 is 5.91 Å². The van der Waals surface area contributed by atoms with Gasteiger partial charge in [0.05, 0.1) is 0 Å². The maximum Gasteiger partial charge on any atom is 0.243 e. The van der Waals surface area contributed by atoms with Gasteiger partial charge < -0.3 is 15.0 Å². The molecule has 1 aromatic rings. The van der Waals surface area contributed by atoms with Crippen LogP contribution >= 0.6 is 0 Å². The molecule has 0 unspecified atom stereocenters. The molecule has 1 N–H and O–H groups in total. The highest BCUT2D eigenvalue weighted by atomic mass is 16.5. The maximum atomic E-state index is 11.9. The Hall–Kier alpha value is -1.88. The zero-order chi connectivity index (χ0) is 17.2. The van der Waals surface area contributed by atoms with Gasteiger partial charge in [0.2, 0.25) is 11.8 Å². The Labute approximate surface area is 145 Å². The van der Waals surface area contributed by atoms with E-state index in [1.54, 1.807) is 12.3 Å². The van der Waals surface area contributed by atoms with Crippen molar-refractivity contribution in [2.24, 2.45) is 5.92 Å². The van der Waals surface area contributed by atoms with Gasteiger partial charge >= 0.3 is 0 Å². The molecule has 24 heavy (non-hydrogen) atoms. The summed E-state index contributed by atoms with van der Waals surface area (Å²) in [4.78, 5) is 18.2. The highest BCUT2D eigenvalue weighted by molar-refractivity contribution is 5.87. The van der Waals surface area contributed by atoms with Crippen LogP contribution in [0.5, 0.6) is 5.88 Å². The van der Waals surface area contributed by atoms with Crippen LogP contribution in [0.15, 0.2) is 30.5 Å². The van der Waals surface area contributed by atoms with Crippen LogP contribution in [-0.2, 0) is 11.3 Å². The molecule has 0 radical (unpaired) electrons. The van der Waals surface area contributed by atoms with Gasteiger partial charge in [-0.2, -0.15) is 0 Å². The Morgan fingerprint density at radius 2 is 2.17 bits per heavy atom. The fraction of sp³-hybridized carbons (Fsp3) is 0.579. The van der Waals surface area contributed by atoms with Crippen molar-refractivity contribution in [1.82, 2.24) is 15.2 Å². The number of allylic oxidation sites excluding steroid dienone is 1. The highest BCUT2D eigenvalue weighted by Gasteiger charge is 2.10. The molecule has 1 heterocycles. The number of hydrogen-bond donors (Lipinski definition) is 1. The molecule has 1 aliphatic rings. The first-order valence-electron chi connectivity index (χ1n) is 8.82. The molecule has 0 atom stereocenters. The Morgan fingerprint density at radius 1 is 1.38 bits per heavy atom. The number of amides is 1. The summed E-state index contributed by atoms with van der Waals surface area (Å²) in [5.41, 5.74) is 0.990. The third-order valence-corrected chi connectivity index (χ3v) is 4.22. The van der Waals surface area contributed by atoms with E-state index in [1.807, 2.05) is 26.2 Å². The van der Waals surface area contributed by atoms with Gasteiger partial charge in [-0.1, -0.05) is 25.3 Å². The van der Waals surface area contributed by atoms with Crippen molar-refractivity contribution in [3.63, 3.8) is 0 Å². The number of carbonyl (C=O) groups excluding carboxylic acids is 1. The molecular formula is C19H29N3O2. The van der Waals surface area contributed by atoms with E-state index in [2.05, 4.69) is 21.3 Å². The molecule has 1 aliphatic carbocycles. The predicted molar refractivity (Wildman–Crippen MR) is 95.8 cm³/mol. The van der Waals surface area contributed by atoms with Crippen LogP contribution in [0.1, 0.15) is 37.7 Å². The van der Waals surface area contributed by atoms with Gasteiger partial charge in [-0.05, 0) is 50.6 Å². The molecule has 1 aromatic heterocycles. The van der Waals surface area contributed by atoms with E-state index in [4.69, 9.17) is 4.74 Å². The van der Waals surface area contributed by atoms with Crippen LogP contribution in [0.2, 0.25) is 0 Å². The molecule has 1 fully saturated rings. The molecule has 0 saturated heterocycles. The van der Waals surface area contributed by atoms with Gasteiger partial charge in [-0.15, -0.1) is 0 Å². The van der Waals surface area contributed by atoms with Crippen LogP contribution in [0.25, 0.3) is 0 Å². The first-order valence-corrected chi connectivity index (χ1v) is 8.82. The number of aromatic nitrogens is 1. The lowest BCUT2D eigenvalue weighted by atomic mass is 9.89. The second-order valence-electron chi connectivity index (χ2n) is 6.63. The van der Waals surface area contributed by atoms with E-state index < -0.39 is 0 Å². The lowest BCUT2D eigenvalue weighted by Gasteiger charge is -2.17. The Kier molecular flexibility index (Phi) is 7.75. The second kappa shape index (κ2) is 10.1. The topological polar surface area (TPSA) is 54.5 Å². The first-order chi connectivity index (χ1) is 11.6. The van der Waals surface area contributed by atoms with E-state index in [9.17, 15) is 4.79 Å². The molecule has 1 saturated carbocycles. The minimum Gasteiger partial charge on any atom is -0.476 e. The molecule has 0 bridgehead atoms. The summed E-state index contributed by atoms with van der Waals surface area (Å²) >= 11 is 0. The number of pyridine rings is 1. The van der Waals surface area contributed by atoms with Gasteiger partial charge in [-0.25, -0.2) is 4.98 Å². The van der Waals surface area contributed by atoms with E-state index >= 15 is 0 Å². The lowest BCUT2D eigenvalue weighted by Crippen LogP contribution is -2.21. The minimum absolute atomic E-state index is 0.0348. The summed E-state index contributed by atoms with van der Waals surface area (Å²) in [6.07, 6.45) is 11.8. The van der Waals surface area contributed by atoms with Crippen molar-refractivity contribution in [3.05, 3.63) is 36.0 Å². The fourth-order valence-electron chi connectivity index (χ4n) is 2.77. The van der Waals surface area contributed by atoms with Gasteiger partial charge in [0.15, 0.2) is 0 Å². The summed E-state index contributed by atoms with van der Waals surface area (Å²) in [7, 11) is 4.01. The van der Waals surface area contributed by atoms with Crippen molar-refractivity contribution in [2.75, 3.05) is 27.2 Å². The molecule has 2 rings (SSSR count). The standard InChI is InChI=1S/C19H29N3O2/c1-22(2)12-13-24-19-14-17(10-11-20-19)15-21-18(23)9-8-16-6-4-3-5-7-16/h8-11,14,16H,3-7,12-13,15H2,1-2H3,(H,21,23). The number of hydrogen-bond acceptors (Lipinski definition) is 4. The molecule has 0 aromatic carbocycles. The number of rotatable bonds is 8. The van der Waals surface area contributed by atoms with Crippen molar-refractivity contribution in [2.45, 2.75) is 38.6 Å². The normalized spacial score (nSPS) is 15.8. The van der Waals surface area contributed by atoms with E-state index in [-0.39, 0.29) is 5.91 Å². The van der Waals surface area contributed by atoms with E-state index in [0.717, 1.165) is 12.1 Å². The smallest absolute Gasteiger partial charge is 0.243 e. The summed E-state index contributed by atoms with van der Waals surface area (Å²) in [6, 6.07) is 3.77. The van der Waals surface area contributed by atoms with Crippen LogP contribution in [0.4, 0.5) is 0 Å². The Balaban J connectivity index is 1.74. The van der Waals surface area contributed by atoms with Crippen molar-refractivity contribution in [3.8, 4) is 5.88 Å². The molecule has 1 amide bonds. The minimum atomic E-state index is -0.0348. The van der Waals surface area contributed by atoms with Gasteiger partial charge in [0.25, 0.3) is 0 Å². The number of ether oxygens (including phenoxy) is 1. The summed E-state index contributed by atoms with van der Waals surface area (Å²) in [5, 5.41) is 2.92. The number of nitrogens with zero attached hydrogens (tertiary/aromatic N) is 2. The summed E-state index contributed by atoms with van der Waals surface area (Å²) in [6.45, 7) is 1.93. The third-order valence-electron chi connectivity index (χ3n) is 4.22. The lowest BCUT2D eigenvalue weighted by molar-refractivity contribution is -0.116. The second-order valence-corrected chi connectivity index (χ2v) is 6.63. The van der Waals surface area contributed by atoms with E-state index in [0.29, 0.717) is 24.9 Å². The molecule has 0 spiro atoms. The molecular weight excluding hydrogens is 302 g/mol. The summed E-state index contributed by atoms with van der Waals surface area (Å²) < 4.78 is 5.61. The van der Waals surface area contributed by atoms with Crippen molar-refractivity contribution in [1.29, 1.82) is 0 Å². The van der Waals surface area contributed by atoms with Gasteiger partial charge in [-0.3, -0.25) is 4.79 Å². The first kappa shape index (κ1) is 18.5. The highest BCUT2D eigenvalue weighted by Crippen LogP contribution is 2.24. The zero-order valence-corrected chi connectivity index (χ0v) is 14.8. The fourth-order valence-corrected chi connectivity index (χ4v) is 2.77. The number of nitrogens with one attached hydrogen (secondary N) is 1. The number of likely N-dealkylation sites (N-methyl/N-ethyl adjacent to an activating group) is 1. The molecule has 5 heteroatoms. The quantitative estimate of drug-likeness (QED) is 0.744. The maximum absolute atomic E-state index is 11.9. The van der Waals surface area contributed by atoms with Crippen LogP contribution in [0, 0.1) is 5.92 Å². The van der Waals surface area contributed by atoms with Gasteiger partial charge in [0.1, 0.15) is 6.61 Å². The monoisotopic (exact) mass is 331 g/mol. The zero-order valence-electron chi connectivity index (χ0n) is 14.8.